The molecule has 1 fully saturated rings. The second-order valence-electron chi connectivity index (χ2n) is 4.97. The van der Waals surface area contributed by atoms with Crippen LogP contribution in [-0.2, 0) is 0 Å². The maximum atomic E-state index is 11.4. The van der Waals surface area contributed by atoms with Gasteiger partial charge >= 0.3 is 0 Å². The van der Waals surface area contributed by atoms with E-state index in [0.29, 0.717) is 16.3 Å². The summed E-state index contributed by atoms with van der Waals surface area (Å²) in [5.74, 6) is 0.642. The zero-order valence-electron chi connectivity index (χ0n) is 9.51. The summed E-state index contributed by atoms with van der Waals surface area (Å²) < 4.78 is 0.484. The van der Waals surface area contributed by atoms with Crippen LogP contribution in [0.25, 0.3) is 0 Å². The monoisotopic (exact) mass is 285 g/mol. The van der Waals surface area contributed by atoms with E-state index in [0.717, 1.165) is 6.42 Å². The molecule has 16 heavy (non-hydrogen) atoms. The van der Waals surface area contributed by atoms with Gasteiger partial charge in [-0.15, -0.1) is 0 Å². The van der Waals surface area contributed by atoms with Gasteiger partial charge in [-0.25, -0.2) is 4.98 Å². The highest BCUT2D eigenvalue weighted by atomic mass is 79.9. The first kappa shape index (κ1) is 11.6. The molecule has 1 atom stereocenters. The average Bonchev–Trinajstić information content (AvgIpc) is 2.54. The molecular formula is C11H16BrN3O. The van der Waals surface area contributed by atoms with E-state index >= 15 is 0 Å². The fourth-order valence-corrected chi connectivity index (χ4v) is 2.57. The summed E-state index contributed by atoms with van der Waals surface area (Å²) in [6.07, 6.45) is 5.00. The van der Waals surface area contributed by atoms with Crippen molar-refractivity contribution in [3.8, 4) is 0 Å². The Morgan fingerprint density at radius 1 is 1.62 bits per heavy atom. The number of hydrogen-bond acceptors (Lipinski definition) is 3. The SMILES string of the molecule is CC1(C)CCCC1Nc1nc[nH]c(=O)c1Br. The van der Waals surface area contributed by atoms with Crippen LogP contribution in [0.5, 0.6) is 0 Å². The van der Waals surface area contributed by atoms with Gasteiger partial charge in [-0.1, -0.05) is 20.3 Å². The molecule has 0 aromatic carbocycles. The van der Waals surface area contributed by atoms with Crippen LogP contribution in [0.4, 0.5) is 5.82 Å². The van der Waals surface area contributed by atoms with E-state index in [2.05, 4.69) is 45.1 Å². The van der Waals surface area contributed by atoms with Crippen LogP contribution in [0.2, 0.25) is 0 Å². The van der Waals surface area contributed by atoms with E-state index in [-0.39, 0.29) is 11.0 Å². The van der Waals surface area contributed by atoms with Crippen molar-refractivity contribution in [3.63, 3.8) is 0 Å². The van der Waals surface area contributed by atoms with Gasteiger partial charge in [0.25, 0.3) is 5.56 Å². The molecule has 1 aromatic rings. The summed E-state index contributed by atoms with van der Waals surface area (Å²) >= 11 is 3.26. The summed E-state index contributed by atoms with van der Waals surface area (Å²) in [5.41, 5.74) is 0.122. The van der Waals surface area contributed by atoms with Crippen molar-refractivity contribution in [2.45, 2.75) is 39.2 Å². The molecule has 0 saturated heterocycles. The van der Waals surface area contributed by atoms with Gasteiger partial charge in [0.05, 0.1) is 6.33 Å². The third-order valence-corrected chi connectivity index (χ3v) is 4.10. The summed E-state index contributed by atoms with van der Waals surface area (Å²) in [4.78, 5) is 18.1. The predicted octanol–water partition coefficient (Wildman–Crippen LogP) is 2.52. The highest BCUT2D eigenvalue weighted by Gasteiger charge is 2.34. The number of nitrogens with zero attached hydrogens (tertiary/aromatic N) is 1. The Morgan fingerprint density at radius 2 is 2.38 bits per heavy atom. The highest BCUT2D eigenvalue weighted by Crippen LogP contribution is 2.39. The van der Waals surface area contributed by atoms with Gasteiger partial charge in [0, 0.05) is 6.04 Å². The Bertz CT molecular complexity index is 441. The third kappa shape index (κ3) is 2.14. The molecule has 2 rings (SSSR count). The molecule has 0 radical (unpaired) electrons. The van der Waals surface area contributed by atoms with Gasteiger partial charge in [-0.2, -0.15) is 0 Å². The minimum atomic E-state index is -0.145. The zero-order valence-corrected chi connectivity index (χ0v) is 11.1. The van der Waals surface area contributed by atoms with Crippen LogP contribution in [0.1, 0.15) is 33.1 Å². The van der Waals surface area contributed by atoms with Crippen LogP contribution in [0.15, 0.2) is 15.6 Å². The van der Waals surface area contributed by atoms with Crippen molar-refractivity contribution in [1.29, 1.82) is 0 Å². The van der Waals surface area contributed by atoms with Crippen LogP contribution < -0.4 is 10.9 Å². The van der Waals surface area contributed by atoms with Crippen molar-refractivity contribution < 1.29 is 0 Å². The van der Waals surface area contributed by atoms with Gasteiger partial charge in [0.1, 0.15) is 10.3 Å². The lowest BCUT2D eigenvalue weighted by atomic mass is 9.87. The first-order chi connectivity index (χ1) is 7.50. The number of aromatic amines is 1. The summed E-state index contributed by atoms with van der Waals surface area (Å²) in [7, 11) is 0. The summed E-state index contributed by atoms with van der Waals surface area (Å²) in [5, 5.41) is 3.36. The average molecular weight is 286 g/mol. The molecule has 1 aliphatic rings. The van der Waals surface area contributed by atoms with E-state index in [4.69, 9.17) is 0 Å². The molecule has 4 nitrogen and oxygen atoms in total. The number of nitrogens with one attached hydrogen (secondary N) is 2. The molecule has 0 amide bonds. The second kappa shape index (κ2) is 4.20. The van der Waals surface area contributed by atoms with Crippen molar-refractivity contribution >= 4 is 21.7 Å². The molecule has 88 valence electrons. The lowest BCUT2D eigenvalue weighted by Crippen LogP contribution is -2.32. The van der Waals surface area contributed by atoms with E-state index in [1.54, 1.807) is 0 Å². The smallest absolute Gasteiger partial charge is 0.267 e. The van der Waals surface area contributed by atoms with Crippen molar-refractivity contribution in [2.75, 3.05) is 5.32 Å². The van der Waals surface area contributed by atoms with Crippen LogP contribution in [-0.4, -0.2) is 16.0 Å². The second-order valence-corrected chi connectivity index (χ2v) is 5.76. The zero-order chi connectivity index (χ0) is 11.8. The fourth-order valence-electron chi connectivity index (χ4n) is 2.24. The summed E-state index contributed by atoms with van der Waals surface area (Å²) in [6.45, 7) is 4.50. The van der Waals surface area contributed by atoms with Gasteiger partial charge in [0.15, 0.2) is 0 Å². The molecule has 1 saturated carbocycles. The standard InChI is InChI=1S/C11H16BrN3O/c1-11(2)5-3-4-7(11)15-9-8(12)10(16)14-6-13-9/h6-7H,3-5H2,1-2H3,(H2,13,14,15,16). The number of halogens is 1. The van der Waals surface area contributed by atoms with Gasteiger partial charge in [-0.05, 0) is 34.2 Å². The molecule has 1 aliphatic carbocycles. The summed E-state index contributed by atoms with van der Waals surface area (Å²) in [6, 6.07) is 0.387. The van der Waals surface area contributed by atoms with Gasteiger partial charge < -0.3 is 10.3 Å². The minimum absolute atomic E-state index is 0.145. The van der Waals surface area contributed by atoms with E-state index in [9.17, 15) is 4.79 Å². The van der Waals surface area contributed by atoms with E-state index < -0.39 is 0 Å². The Morgan fingerprint density at radius 3 is 3.00 bits per heavy atom. The molecule has 2 N–H and O–H groups in total. The van der Waals surface area contributed by atoms with Crippen molar-refractivity contribution in [1.82, 2.24) is 9.97 Å². The molecule has 0 bridgehead atoms. The first-order valence-corrected chi connectivity index (χ1v) is 6.30. The van der Waals surface area contributed by atoms with Gasteiger partial charge in [0.2, 0.25) is 0 Å². The number of rotatable bonds is 2. The lowest BCUT2D eigenvalue weighted by Gasteiger charge is -2.28. The number of anilines is 1. The maximum Gasteiger partial charge on any atom is 0.267 e. The molecule has 1 heterocycles. The Balaban J connectivity index is 2.21. The molecule has 5 heteroatoms. The lowest BCUT2D eigenvalue weighted by molar-refractivity contribution is 0.349. The highest BCUT2D eigenvalue weighted by molar-refractivity contribution is 9.10. The van der Waals surface area contributed by atoms with Crippen molar-refractivity contribution in [3.05, 3.63) is 21.2 Å². The Kier molecular flexibility index (Phi) is 3.06. The maximum absolute atomic E-state index is 11.4. The van der Waals surface area contributed by atoms with Crippen LogP contribution in [0, 0.1) is 5.41 Å². The Labute approximate surface area is 103 Å². The molecule has 1 aromatic heterocycles. The van der Waals surface area contributed by atoms with Crippen molar-refractivity contribution in [2.24, 2.45) is 5.41 Å². The third-order valence-electron chi connectivity index (χ3n) is 3.36. The quantitative estimate of drug-likeness (QED) is 0.878. The fraction of sp³-hybridized carbons (Fsp3) is 0.636. The molecule has 1 unspecified atom stereocenters. The number of H-pyrrole nitrogens is 1. The predicted molar refractivity (Wildman–Crippen MR) is 67.6 cm³/mol. The normalized spacial score (nSPS) is 23.3. The van der Waals surface area contributed by atoms with E-state index in [1.165, 1.54) is 19.2 Å². The number of aromatic nitrogens is 2. The van der Waals surface area contributed by atoms with Crippen LogP contribution in [0.3, 0.4) is 0 Å². The topological polar surface area (TPSA) is 57.8 Å². The molecule has 0 spiro atoms. The molecule has 0 aliphatic heterocycles. The Hall–Kier alpha value is -0.840. The first-order valence-electron chi connectivity index (χ1n) is 5.50. The number of hydrogen-bond donors (Lipinski definition) is 2. The largest absolute Gasteiger partial charge is 0.366 e. The molecular weight excluding hydrogens is 270 g/mol. The van der Waals surface area contributed by atoms with Gasteiger partial charge in [-0.3, -0.25) is 4.79 Å². The van der Waals surface area contributed by atoms with E-state index in [1.807, 2.05) is 0 Å². The van der Waals surface area contributed by atoms with Crippen LogP contribution >= 0.6 is 15.9 Å². The minimum Gasteiger partial charge on any atom is -0.366 e.